The molecule has 1 aromatic carbocycles. The maximum absolute atomic E-state index is 4.14. The van der Waals surface area contributed by atoms with E-state index in [0.29, 0.717) is 0 Å². The van der Waals surface area contributed by atoms with Crippen molar-refractivity contribution in [3.05, 3.63) is 36.3 Å². The fourth-order valence-electron chi connectivity index (χ4n) is 1.11. The van der Waals surface area contributed by atoms with Gasteiger partial charge >= 0.3 is 0 Å². The van der Waals surface area contributed by atoms with Crippen molar-refractivity contribution in [3.63, 3.8) is 0 Å². The van der Waals surface area contributed by atoms with Crippen LogP contribution in [0, 0.1) is 13.1 Å². The molecular formula is C9H7N2. The number of para-hydroxylation sites is 1. The summed E-state index contributed by atoms with van der Waals surface area (Å²) in [4.78, 5) is 7.96. The van der Waals surface area contributed by atoms with Gasteiger partial charge in [0, 0.05) is 5.39 Å². The molecule has 2 aromatic rings. The maximum Gasteiger partial charge on any atom is 0.116 e. The zero-order chi connectivity index (χ0) is 7.68. The minimum Gasteiger partial charge on any atom is -0.236 e. The SMILES string of the molecule is Cc1cccc2[c]ncnc12. The van der Waals surface area contributed by atoms with Crippen LogP contribution in [0.5, 0.6) is 0 Å². The molecule has 0 N–H and O–H groups in total. The second kappa shape index (κ2) is 2.31. The molecule has 53 valence electrons. The van der Waals surface area contributed by atoms with E-state index in [0.717, 1.165) is 10.9 Å². The molecule has 1 aromatic heterocycles. The van der Waals surface area contributed by atoms with Crippen molar-refractivity contribution in [2.45, 2.75) is 6.92 Å². The summed E-state index contributed by atoms with van der Waals surface area (Å²) in [6, 6.07) is 5.98. The van der Waals surface area contributed by atoms with Gasteiger partial charge in [0.25, 0.3) is 0 Å². The lowest BCUT2D eigenvalue weighted by Gasteiger charge is -1.96. The van der Waals surface area contributed by atoms with Crippen LogP contribution in [0.4, 0.5) is 0 Å². The van der Waals surface area contributed by atoms with Gasteiger partial charge in [-0.2, -0.15) is 0 Å². The molecule has 0 atom stereocenters. The number of hydrogen-bond acceptors (Lipinski definition) is 2. The van der Waals surface area contributed by atoms with Crippen LogP contribution in [0.15, 0.2) is 24.5 Å². The normalized spacial score (nSPS) is 10.3. The van der Waals surface area contributed by atoms with Gasteiger partial charge in [-0.1, -0.05) is 18.2 Å². The van der Waals surface area contributed by atoms with Gasteiger partial charge in [-0.05, 0) is 12.5 Å². The summed E-state index contributed by atoms with van der Waals surface area (Å²) in [5.41, 5.74) is 2.16. The third-order valence-corrected chi connectivity index (χ3v) is 1.67. The smallest absolute Gasteiger partial charge is 0.116 e. The molecule has 2 nitrogen and oxygen atoms in total. The topological polar surface area (TPSA) is 25.8 Å². The van der Waals surface area contributed by atoms with Crippen molar-refractivity contribution in [1.29, 1.82) is 0 Å². The Bertz CT molecular complexity index is 377. The molecule has 0 saturated carbocycles. The highest BCUT2D eigenvalue weighted by atomic mass is 14.8. The van der Waals surface area contributed by atoms with Gasteiger partial charge in [0.1, 0.15) is 12.5 Å². The van der Waals surface area contributed by atoms with Crippen molar-refractivity contribution in [1.82, 2.24) is 9.97 Å². The molecule has 1 radical (unpaired) electrons. The predicted molar refractivity (Wildman–Crippen MR) is 43.1 cm³/mol. The molecule has 0 aliphatic carbocycles. The summed E-state index contributed by atoms with van der Waals surface area (Å²) < 4.78 is 0. The van der Waals surface area contributed by atoms with Gasteiger partial charge in [-0.3, -0.25) is 0 Å². The van der Waals surface area contributed by atoms with Gasteiger partial charge in [0.2, 0.25) is 0 Å². The summed E-state index contributed by atoms with van der Waals surface area (Å²) in [5, 5.41) is 0.979. The number of fused-ring (bicyclic) bond motifs is 1. The fraction of sp³-hybridized carbons (Fsp3) is 0.111. The second-order valence-electron chi connectivity index (χ2n) is 2.46. The molecule has 0 unspecified atom stereocenters. The molecule has 0 saturated heterocycles. The molecule has 2 heteroatoms. The van der Waals surface area contributed by atoms with Gasteiger partial charge in [0.05, 0.1) is 5.52 Å². The standard InChI is InChI=1S/C9H7N2/c1-7-3-2-4-8-5-10-6-11-9(7)8/h2-4,6H,1H3. The van der Waals surface area contributed by atoms with Crippen LogP contribution in [-0.2, 0) is 0 Å². The van der Waals surface area contributed by atoms with E-state index in [1.54, 1.807) is 0 Å². The van der Waals surface area contributed by atoms with E-state index in [2.05, 4.69) is 16.2 Å². The van der Waals surface area contributed by atoms with Gasteiger partial charge in [-0.15, -0.1) is 0 Å². The van der Waals surface area contributed by atoms with E-state index in [-0.39, 0.29) is 0 Å². The summed E-state index contributed by atoms with van der Waals surface area (Å²) in [6.45, 7) is 2.03. The van der Waals surface area contributed by atoms with E-state index in [1.165, 1.54) is 11.9 Å². The van der Waals surface area contributed by atoms with E-state index in [9.17, 15) is 0 Å². The van der Waals surface area contributed by atoms with Crippen molar-refractivity contribution in [3.8, 4) is 0 Å². The average Bonchev–Trinajstić information content (AvgIpc) is 2.06. The van der Waals surface area contributed by atoms with E-state index >= 15 is 0 Å². The molecule has 0 fully saturated rings. The molecule has 0 spiro atoms. The number of benzene rings is 1. The van der Waals surface area contributed by atoms with Crippen LogP contribution in [0.3, 0.4) is 0 Å². The summed E-state index contributed by atoms with van der Waals surface area (Å²) >= 11 is 0. The molecule has 1 heterocycles. The number of aryl methyl sites for hydroxylation is 1. The zero-order valence-corrected chi connectivity index (χ0v) is 6.20. The second-order valence-corrected chi connectivity index (χ2v) is 2.46. The molecule has 0 amide bonds. The zero-order valence-electron chi connectivity index (χ0n) is 6.20. The van der Waals surface area contributed by atoms with Gasteiger partial charge < -0.3 is 0 Å². The summed E-state index contributed by atoms with van der Waals surface area (Å²) in [7, 11) is 0. The van der Waals surface area contributed by atoms with E-state index < -0.39 is 0 Å². The van der Waals surface area contributed by atoms with E-state index in [1.807, 2.05) is 25.1 Å². The largest absolute Gasteiger partial charge is 0.236 e. The molecular weight excluding hydrogens is 136 g/mol. The van der Waals surface area contributed by atoms with Crippen LogP contribution >= 0.6 is 0 Å². The van der Waals surface area contributed by atoms with Crippen LogP contribution in [0.25, 0.3) is 10.9 Å². The minimum absolute atomic E-state index is 0.979. The first-order valence-corrected chi connectivity index (χ1v) is 3.46. The third kappa shape index (κ3) is 0.963. The minimum atomic E-state index is 0.979. The molecule has 0 bridgehead atoms. The van der Waals surface area contributed by atoms with Crippen LogP contribution in [0.1, 0.15) is 5.56 Å². The Labute approximate surface area is 64.9 Å². The van der Waals surface area contributed by atoms with Crippen LogP contribution in [0.2, 0.25) is 0 Å². The Morgan fingerprint density at radius 2 is 2.27 bits per heavy atom. The number of hydrogen-bond donors (Lipinski definition) is 0. The molecule has 0 aliphatic heterocycles. The first-order chi connectivity index (χ1) is 5.38. The van der Waals surface area contributed by atoms with Crippen molar-refractivity contribution in [2.24, 2.45) is 0 Å². The van der Waals surface area contributed by atoms with Crippen molar-refractivity contribution >= 4 is 10.9 Å². The Balaban J connectivity index is 2.91. The van der Waals surface area contributed by atoms with Crippen molar-refractivity contribution < 1.29 is 0 Å². The fourth-order valence-corrected chi connectivity index (χ4v) is 1.11. The highest BCUT2D eigenvalue weighted by Gasteiger charge is 1.95. The van der Waals surface area contributed by atoms with Crippen molar-refractivity contribution in [2.75, 3.05) is 0 Å². The van der Waals surface area contributed by atoms with Crippen LogP contribution < -0.4 is 0 Å². The first-order valence-electron chi connectivity index (χ1n) is 3.46. The predicted octanol–water partition coefficient (Wildman–Crippen LogP) is 1.74. The summed E-state index contributed by atoms with van der Waals surface area (Å²) in [5.74, 6) is 0. The Morgan fingerprint density at radius 1 is 1.36 bits per heavy atom. The lowest BCUT2D eigenvalue weighted by Crippen LogP contribution is -1.83. The van der Waals surface area contributed by atoms with Gasteiger partial charge in [0.15, 0.2) is 0 Å². The number of aromatic nitrogens is 2. The third-order valence-electron chi connectivity index (χ3n) is 1.67. The first kappa shape index (κ1) is 6.28. The lowest BCUT2D eigenvalue weighted by molar-refractivity contribution is 1.20. The highest BCUT2D eigenvalue weighted by molar-refractivity contribution is 5.79. The van der Waals surface area contributed by atoms with Gasteiger partial charge in [-0.25, -0.2) is 9.97 Å². The van der Waals surface area contributed by atoms with Crippen LogP contribution in [-0.4, -0.2) is 9.97 Å². The maximum atomic E-state index is 4.14. The molecule has 11 heavy (non-hydrogen) atoms. The average molecular weight is 143 g/mol. The number of nitrogens with zero attached hydrogens (tertiary/aromatic N) is 2. The Hall–Kier alpha value is -1.44. The molecule has 2 rings (SSSR count). The number of rotatable bonds is 0. The van der Waals surface area contributed by atoms with E-state index in [4.69, 9.17) is 0 Å². The monoisotopic (exact) mass is 143 g/mol. The highest BCUT2D eigenvalue weighted by Crippen LogP contribution is 2.12. The lowest BCUT2D eigenvalue weighted by atomic mass is 10.2. The Kier molecular flexibility index (Phi) is 1.32. The Morgan fingerprint density at radius 3 is 3.09 bits per heavy atom. The quantitative estimate of drug-likeness (QED) is 0.561. The summed E-state index contributed by atoms with van der Waals surface area (Å²) in [6.07, 6.45) is 4.40. The molecule has 0 aliphatic rings.